The number of hydrogen-bond donors (Lipinski definition) is 4. The average molecular weight is 573 g/mol. The van der Waals surface area contributed by atoms with Crippen LogP contribution in [-0.2, 0) is 19.0 Å². The Bertz CT molecular complexity index is 1140. The molecule has 12 atom stereocenters. The number of rotatable bonds is 5. The third kappa shape index (κ3) is 4.42. The van der Waals surface area contributed by atoms with Crippen LogP contribution >= 0.6 is 0 Å². The summed E-state index contributed by atoms with van der Waals surface area (Å²) in [7, 11) is 0. The molecule has 10 nitrogen and oxygen atoms in total. The zero-order valence-corrected chi connectivity index (χ0v) is 24.1. The van der Waals surface area contributed by atoms with E-state index in [9.17, 15) is 30.5 Å². The molecule has 2 aliphatic heterocycles. The molecular weight excluding hydrogens is 528 g/mol. The maximum absolute atomic E-state index is 12.5. The van der Waals surface area contributed by atoms with Gasteiger partial charge < -0.3 is 34.6 Å². The molecule has 0 spiro atoms. The van der Waals surface area contributed by atoms with E-state index in [0.717, 1.165) is 24.8 Å². The van der Waals surface area contributed by atoms with E-state index >= 15 is 0 Å². The molecule has 0 amide bonds. The summed E-state index contributed by atoms with van der Waals surface area (Å²) in [5, 5.41) is 54.5. The highest BCUT2D eigenvalue weighted by atomic mass is 16.7. The predicted octanol–water partition coefficient (Wildman–Crippen LogP) is 2.17. The summed E-state index contributed by atoms with van der Waals surface area (Å²) in [6.45, 7) is 4.19. The molecule has 0 unspecified atom stereocenters. The normalized spacial score (nSPS) is 51.3. The van der Waals surface area contributed by atoms with Crippen molar-refractivity contribution < 1.29 is 39.4 Å². The van der Waals surface area contributed by atoms with Gasteiger partial charge in [0, 0.05) is 36.0 Å². The largest absolute Gasteiger partial charge is 0.458 e. The number of hydrogen-bond acceptors (Lipinski definition) is 10. The van der Waals surface area contributed by atoms with Crippen LogP contribution in [0.3, 0.4) is 0 Å². The molecule has 1 saturated heterocycles. The summed E-state index contributed by atoms with van der Waals surface area (Å²) < 4.78 is 17.3. The van der Waals surface area contributed by atoms with E-state index in [4.69, 9.17) is 14.2 Å². The quantitative estimate of drug-likeness (QED) is 0.167. The third-order valence-corrected chi connectivity index (χ3v) is 12.1. The van der Waals surface area contributed by atoms with Gasteiger partial charge in [0.25, 0.3) is 0 Å². The van der Waals surface area contributed by atoms with Crippen molar-refractivity contribution in [2.75, 3.05) is 13.2 Å². The van der Waals surface area contributed by atoms with Gasteiger partial charge in [-0.15, -0.1) is 0 Å². The van der Waals surface area contributed by atoms with Gasteiger partial charge in [-0.2, -0.15) is 5.26 Å². The Hall–Kier alpha value is -1.87. The number of carbonyl (C=O) groups excluding carboxylic acids is 1. The molecule has 0 radical (unpaired) electrons. The van der Waals surface area contributed by atoms with Gasteiger partial charge in [-0.25, -0.2) is 4.79 Å². The molecule has 226 valence electrons. The second-order valence-electron chi connectivity index (χ2n) is 13.8. The number of esters is 1. The molecule has 0 aromatic carbocycles. The number of aliphatic hydroxyl groups excluding tert-OH is 2. The lowest BCUT2D eigenvalue weighted by molar-refractivity contribution is -0.282. The maximum Gasteiger partial charge on any atom is 0.331 e. The molecule has 6 rings (SSSR count). The highest BCUT2D eigenvalue weighted by Crippen LogP contribution is 2.70. The molecule has 10 heteroatoms. The molecule has 4 saturated carbocycles. The zero-order valence-electron chi connectivity index (χ0n) is 24.1. The molecule has 0 aromatic rings. The predicted molar refractivity (Wildman–Crippen MR) is 146 cm³/mol. The molecule has 0 aromatic heterocycles. The molecule has 6 aliphatic rings. The lowest BCUT2D eigenvalue weighted by atomic mass is 9.41. The fourth-order valence-corrected chi connectivity index (χ4v) is 10.0. The Morgan fingerprint density at radius 1 is 1.15 bits per heavy atom. The Balaban J connectivity index is 1.26. The Morgan fingerprint density at radius 3 is 2.63 bits per heavy atom. The van der Waals surface area contributed by atoms with Crippen LogP contribution in [0.15, 0.2) is 16.6 Å². The number of ether oxygens (including phenoxy) is 3. The average Bonchev–Trinajstić information content (AvgIpc) is 3.47. The van der Waals surface area contributed by atoms with Crippen LogP contribution < -0.4 is 0 Å². The van der Waals surface area contributed by atoms with E-state index in [-0.39, 0.29) is 42.8 Å². The third-order valence-electron chi connectivity index (χ3n) is 12.1. The first kappa shape index (κ1) is 29.2. The van der Waals surface area contributed by atoms with Crippen molar-refractivity contribution in [3.8, 4) is 6.07 Å². The standard InChI is InChI=1S/C31H44N2O8/c1-18-27(36)24(34)14-26(40-18)41-20-3-8-29(17-33-12-11-32)22-4-7-28(2)21(19-13-25(35)39-16-19)6-10-31(28,38)23(22)5-9-30(29,37)15-20/h13,17-18,20-24,26-27,34,36-38H,3-10,12,14-16H2,1-2H3/t18-,20-,21+,22-,23+,24+,26-,27+,28+,29-,30-,31-/m0/s1. The molecule has 2 heterocycles. The van der Waals surface area contributed by atoms with Gasteiger partial charge in [-0.1, -0.05) is 6.92 Å². The van der Waals surface area contributed by atoms with Crippen molar-refractivity contribution >= 4 is 12.2 Å². The molecule has 4 N–H and O–H groups in total. The highest BCUT2D eigenvalue weighted by Gasteiger charge is 2.71. The Morgan fingerprint density at radius 2 is 1.93 bits per heavy atom. The number of cyclic esters (lactones) is 1. The van der Waals surface area contributed by atoms with Crippen LogP contribution in [0.25, 0.3) is 0 Å². The molecular formula is C31H44N2O8. The van der Waals surface area contributed by atoms with Crippen LogP contribution in [0, 0.1) is 39.9 Å². The number of aliphatic imine (C=N–C) groups is 1. The van der Waals surface area contributed by atoms with Crippen molar-refractivity contribution in [2.24, 2.45) is 33.6 Å². The first-order valence-electron chi connectivity index (χ1n) is 15.3. The summed E-state index contributed by atoms with van der Waals surface area (Å²) in [6, 6.07) is 2.09. The minimum atomic E-state index is -1.13. The van der Waals surface area contributed by atoms with Crippen molar-refractivity contribution in [2.45, 2.75) is 120 Å². The van der Waals surface area contributed by atoms with E-state index in [1.807, 2.05) is 6.21 Å². The molecule has 0 bridgehead atoms. The lowest BCUT2D eigenvalue weighted by Crippen LogP contribution is -2.69. The number of carbonyl (C=O) groups is 1. The Labute approximate surface area is 241 Å². The van der Waals surface area contributed by atoms with Crippen LogP contribution in [0.1, 0.15) is 78.1 Å². The number of fused-ring (bicyclic) bond motifs is 5. The summed E-state index contributed by atoms with van der Waals surface area (Å²) in [6.07, 6.45) is 5.97. The van der Waals surface area contributed by atoms with Gasteiger partial charge in [0.05, 0.1) is 35.6 Å². The van der Waals surface area contributed by atoms with Crippen LogP contribution in [0.2, 0.25) is 0 Å². The number of nitrogens with zero attached hydrogens (tertiary/aromatic N) is 2. The first-order valence-corrected chi connectivity index (χ1v) is 15.3. The van der Waals surface area contributed by atoms with Crippen molar-refractivity contribution in [3.63, 3.8) is 0 Å². The van der Waals surface area contributed by atoms with Gasteiger partial charge in [-0.3, -0.25) is 4.99 Å². The van der Waals surface area contributed by atoms with Gasteiger partial charge in [0.2, 0.25) is 0 Å². The van der Waals surface area contributed by atoms with Crippen LogP contribution in [0.4, 0.5) is 0 Å². The molecule has 5 fully saturated rings. The minimum absolute atomic E-state index is 0.00933. The van der Waals surface area contributed by atoms with Gasteiger partial charge in [-0.05, 0) is 81.6 Å². The van der Waals surface area contributed by atoms with E-state index in [0.29, 0.717) is 45.1 Å². The SMILES string of the molecule is C[C@@H]1O[C@@H](O[C@H]2CC[C@]3(C=NCC#N)[C@H]4CC[C@]5(C)[C@@H](C6=CC(=O)OC6)CC[C@]5(O)[C@@H]4CC[C@]3(O)C2)C[C@@H](O)[C@@H]1O. The van der Waals surface area contributed by atoms with E-state index in [2.05, 4.69) is 18.0 Å². The molecule has 41 heavy (non-hydrogen) atoms. The van der Waals surface area contributed by atoms with Crippen molar-refractivity contribution in [1.29, 1.82) is 5.26 Å². The monoisotopic (exact) mass is 572 g/mol. The second-order valence-corrected chi connectivity index (χ2v) is 13.8. The van der Waals surface area contributed by atoms with Gasteiger partial charge >= 0.3 is 5.97 Å². The van der Waals surface area contributed by atoms with Gasteiger partial charge in [0.1, 0.15) is 19.3 Å². The highest BCUT2D eigenvalue weighted by molar-refractivity contribution is 5.85. The zero-order chi connectivity index (χ0) is 29.2. The van der Waals surface area contributed by atoms with Crippen molar-refractivity contribution in [3.05, 3.63) is 11.6 Å². The number of aliphatic hydroxyl groups is 4. The smallest absolute Gasteiger partial charge is 0.331 e. The van der Waals surface area contributed by atoms with E-state index < -0.39 is 46.6 Å². The summed E-state index contributed by atoms with van der Waals surface area (Å²) >= 11 is 0. The fourth-order valence-electron chi connectivity index (χ4n) is 10.0. The lowest BCUT2D eigenvalue weighted by Gasteiger charge is -2.66. The second kappa shape index (κ2) is 10.4. The van der Waals surface area contributed by atoms with E-state index in [1.165, 1.54) is 0 Å². The molecule has 4 aliphatic carbocycles. The summed E-state index contributed by atoms with van der Waals surface area (Å²) in [5.74, 6) is -0.282. The topological polar surface area (TPSA) is 162 Å². The first-order chi connectivity index (χ1) is 19.5. The van der Waals surface area contributed by atoms with E-state index in [1.54, 1.807) is 13.0 Å². The van der Waals surface area contributed by atoms with Crippen molar-refractivity contribution in [1.82, 2.24) is 0 Å². The van der Waals surface area contributed by atoms with Gasteiger partial charge in [0.15, 0.2) is 6.29 Å². The fraction of sp³-hybridized carbons (Fsp3) is 0.839. The van der Waals surface area contributed by atoms with Crippen LogP contribution in [0.5, 0.6) is 0 Å². The number of nitriles is 1. The minimum Gasteiger partial charge on any atom is -0.458 e. The maximum atomic E-state index is 12.5. The summed E-state index contributed by atoms with van der Waals surface area (Å²) in [5.41, 5.74) is -2.19. The summed E-state index contributed by atoms with van der Waals surface area (Å²) in [4.78, 5) is 16.4. The van der Waals surface area contributed by atoms with Crippen LogP contribution in [-0.4, -0.2) is 87.7 Å². The Kier molecular flexibility index (Phi) is 7.40.